The van der Waals surface area contributed by atoms with Gasteiger partial charge in [0, 0.05) is 43.7 Å². The average molecular weight is 408 g/mol. The number of benzene rings is 2. The zero-order chi connectivity index (χ0) is 20.9. The molecule has 0 saturated carbocycles. The second-order valence-electron chi connectivity index (χ2n) is 7.96. The molecule has 2 aliphatic rings. The molecule has 2 aromatic rings. The number of carbonyl (C=O) groups excluding carboxylic acids is 2. The molecule has 2 heterocycles. The van der Waals surface area contributed by atoms with Gasteiger partial charge in [-0.05, 0) is 31.5 Å². The molecule has 0 spiro atoms. The smallest absolute Gasteiger partial charge is 0.253 e. The van der Waals surface area contributed by atoms with Crippen molar-refractivity contribution in [3.05, 3.63) is 65.7 Å². The van der Waals surface area contributed by atoms with Gasteiger partial charge in [-0.15, -0.1) is 0 Å². The Hall–Kier alpha value is -2.86. The summed E-state index contributed by atoms with van der Waals surface area (Å²) in [5.41, 5.74) is 1.76. The highest BCUT2D eigenvalue weighted by Gasteiger charge is 2.29. The van der Waals surface area contributed by atoms with Crippen LogP contribution < -0.4 is 10.1 Å². The Kier molecular flexibility index (Phi) is 6.33. The summed E-state index contributed by atoms with van der Waals surface area (Å²) >= 11 is 0. The molecule has 158 valence electrons. The molecule has 0 bridgehead atoms. The van der Waals surface area contributed by atoms with Crippen molar-refractivity contribution in [1.82, 2.24) is 15.1 Å². The van der Waals surface area contributed by atoms with Crippen LogP contribution in [0.1, 0.15) is 41.7 Å². The van der Waals surface area contributed by atoms with Crippen LogP contribution in [0.3, 0.4) is 0 Å². The van der Waals surface area contributed by atoms with Gasteiger partial charge in [-0.1, -0.05) is 36.4 Å². The maximum atomic E-state index is 13.0. The minimum atomic E-state index is -0.244. The van der Waals surface area contributed by atoms with Crippen LogP contribution in [0, 0.1) is 0 Å². The van der Waals surface area contributed by atoms with E-state index >= 15 is 0 Å². The minimum absolute atomic E-state index is 0.0203. The molecule has 2 atom stereocenters. The summed E-state index contributed by atoms with van der Waals surface area (Å²) in [7, 11) is 0. The monoisotopic (exact) mass is 407 g/mol. The summed E-state index contributed by atoms with van der Waals surface area (Å²) < 4.78 is 5.70. The fourth-order valence-electron chi connectivity index (χ4n) is 4.24. The molecular weight excluding hydrogens is 378 g/mol. The molecule has 2 aromatic carbocycles. The lowest BCUT2D eigenvalue weighted by Crippen LogP contribution is -2.48. The van der Waals surface area contributed by atoms with E-state index in [1.165, 1.54) is 0 Å². The maximum Gasteiger partial charge on any atom is 0.253 e. The van der Waals surface area contributed by atoms with Crippen molar-refractivity contribution in [3.8, 4) is 5.75 Å². The van der Waals surface area contributed by atoms with Crippen LogP contribution in [0.2, 0.25) is 0 Å². The van der Waals surface area contributed by atoms with Crippen molar-refractivity contribution >= 4 is 11.8 Å². The maximum absolute atomic E-state index is 13.0. The lowest BCUT2D eigenvalue weighted by atomic mass is 10.00. The molecule has 6 nitrogen and oxygen atoms in total. The number of fused-ring (bicyclic) bond motifs is 1. The normalized spacial score (nSPS) is 20.4. The molecule has 1 N–H and O–H groups in total. The molecule has 1 saturated heterocycles. The van der Waals surface area contributed by atoms with Crippen LogP contribution in [-0.2, 0) is 4.79 Å². The Balaban J connectivity index is 1.35. The van der Waals surface area contributed by atoms with Gasteiger partial charge in [-0.2, -0.15) is 0 Å². The molecule has 2 amide bonds. The summed E-state index contributed by atoms with van der Waals surface area (Å²) in [5, 5.41) is 3.21. The standard InChI is InChI=1S/C24H29N3O3/c1-18(23(28)25-21-12-17-30-22-11-6-5-10-20(21)22)26-13-7-14-27(16-15-26)24(29)19-8-3-2-4-9-19/h2-6,8-11,18,21H,7,12-17H2,1H3,(H,25,28). The van der Waals surface area contributed by atoms with E-state index in [9.17, 15) is 9.59 Å². The van der Waals surface area contributed by atoms with Gasteiger partial charge in [0.2, 0.25) is 5.91 Å². The predicted molar refractivity (Wildman–Crippen MR) is 115 cm³/mol. The highest BCUT2D eigenvalue weighted by Crippen LogP contribution is 2.31. The van der Waals surface area contributed by atoms with Crippen LogP contribution >= 0.6 is 0 Å². The number of nitrogens with zero attached hydrogens (tertiary/aromatic N) is 2. The first-order valence-corrected chi connectivity index (χ1v) is 10.7. The lowest BCUT2D eigenvalue weighted by molar-refractivity contribution is -0.126. The number of rotatable bonds is 4. The summed E-state index contributed by atoms with van der Waals surface area (Å²) in [6.07, 6.45) is 1.63. The van der Waals surface area contributed by atoms with Crippen molar-refractivity contribution in [3.63, 3.8) is 0 Å². The largest absolute Gasteiger partial charge is 0.493 e. The number of para-hydroxylation sites is 1. The van der Waals surface area contributed by atoms with Gasteiger partial charge in [0.1, 0.15) is 5.75 Å². The Bertz CT molecular complexity index is 886. The zero-order valence-corrected chi connectivity index (χ0v) is 17.4. The minimum Gasteiger partial charge on any atom is -0.493 e. The van der Waals surface area contributed by atoms with Gasteiger partial charge in [-0.25, -0.2) is 0 Å². The molecule has 6 heteroatoms. The fraction of sp³-hybridized carbons (Fsp3) is 0.417. The number of nitrogens with one attached hydrogen (secondary N) is 1. The van der Waals surface area contributed by atoms with Gasteiger partial charge >= 0.3 is 0 Å². The van der Waals surface area contributed by atoms with E-state index in [-0.39, 0.29) is 23.9 Å². The highest BCUT2D eigenvalue weighted by atomic mass is 16.5. The number of hydrogen-bond donors (Lipinski definition) is 1. The van der Waals surface area contributed by atoms with Crippen molar-refractivity contribution < 1.29 is 14.3 Å². The highest BCUT2D eigenvalue weighted by molar-refractivity contribution is 5.94. The first kappa shape index (κ1) is 20.4. The Morgan fingerprint density at radius 1 is 1.00 bits per heavy atom. The first-order valence-electron chi connectivity index (χ1n) is 10.7. The van der Waals surface area contributed by atoms with Crippen LogP contribution in [0.15, 0.2) is 54.6 Å². The molecule has 1 fully saturated rings. The average Bonchev–Trinajstić information content (AvgIpc) is 3.05. The fourth-order valence-corrected chi connectivity index (χ4v) is 4.24. The second kappa shape index (κ2) is 9.30. The Labute approximate surface area is 177 Å². The van der Waals surface area contributed by atoms with Crippen LogP contribution in [0.4, 0.5) is 0 Å². The van der Waals surface area contributed by atoms with Gasteiger partial charge < -0.3 is 15.0 Å². The van der Waals surface area contributed by atoms with E-state index in [2.05, 4.69) is 10.2 Å². The molecular formula is C24H29N3O3. The van der Waals surface area contributed by atoms with E-state index in [1.54, 1.807) is 0 Å². The van der Waals surface area contributed by atoms with E-state index < -0.39 is 0 Å². The van der Waals surface area contributed by atoms with Crippen LogP contribution in [-0.4, -0.2) is 60.4 Å². The zero-order valence-electron chi connectivity index (χ0n) is 17.4. The van der Waals surface area contributed by atoms with Gasteiger partial charge in [0.05, 0.1) is 18.7 Å². The summed E-state index contributed by atoms with van der Waals surface area (Å²) in [4.78, 5) is 29.8. The van der Waals surface area contributed by atoms with Crippen molar-refractivity contribution in [2.45, 2.75) is 31.8 Å². The first-order chi connectivity index (χ1) is 14.6. The van der Waals surface area contributed by atoms with E-state index in [4.69, 9.17) is 4.74 Å². The third-order valence-electron chi connectivity index (χ3n) is 6.04. The molecule has 2 unspecified atom stereocenters. The van der Waals surface area contributed by atoms with Crippen LogP contribution in [0.5, 0.6) is 5.75 Å². The number of ether oxygens (including phenoxy) is 1. The number of amides is 2. The van der Waals surface area contributed by atoms with Gasteiger partial charge in [0.25, 0.3) is 5.91 Å². The van der Waals surface area contributed by atoms with Gasteiger partial charge in [0.15, 0.2) is 0 Å². The van der Waals surface area contributed by atoms with E-state index in [0.29, 0.717) is 26.2 Å². The van der Waals surface area contributed by atoms with Gasteiger partial charge in [-0.3, -0.25) is 14.5 Å². The topological polar surface area (TPSA) is 61.9 Å². The third-order valence-corrected chi connectivity index (χ3v) is 6.04. The third kappa shape index (κ3) is 4.49. The molecule has 0 radical (unpaired) electrons. The van der Waals surface area contributed by atoms with Crippen molar-refractivity contribution in [2.24, 2.45) is 0 Å². The summed E-state index contributed by atoms with van der Waals surface area (Å²) in [5.74, 6) is 0.944. The summed E-state index contributed by atoms with van der Waals surface area (Å²) in [6, 6.07) is 17.0. The van der Waals surface area contributed by atoms with Crippen molar-refractivity contribution in [2.75, 3.05) is 32.8 Å². The van der Waals surface area contributed by atoms with E-state index in [0.717, 1.165) is 36.3 Å². The van der Waals surface area contributed by atoms with Crippen molar-refractivity contribution in [1.29, 1.82) is 0 Å². The number of carbonyl (C=O) groups is 2. The molecule has 2 aliphatic heterocycles. The molecule has 30 heavy (non-hydrogen) atoms. The summed E-state index contributed by atoms with van der Waals surface area (Å²) in [6.45, 7) is 5.40. The quantitative estimate of drug-likeness (QED) is 0.847. The molecule has 0 aliphatic carbocycles. The van der Waals surface area contributed by atoms with E-state index in [1.807, 2.05) is 66.4 Å². The number of hydrogen-bond acceptors (Lipinski definition) is 4. The Morgan fingerprint density at radius 2 is 1.77 bits per heavy atom. The SMILES string of the molecule is CC(C(=O)NC1CCOc2ccccc21)N1CCCN(C(=O)c2ccccc2)CC1. The Morgan fingerprint density at radius 3 is 2.60 bits per heavy atom. The molecule has 0 aromatic heterocycles. The lowest BCUT2D eigenvalue weighted by Gasteiger charge is -2.31. The van der Waals surface area contributed by atoms with Crippen LogP contribution in [0.25, 0.3) is 0 Å². The second-order valence-corrected chi connectivity index (χ2v) is 7.96. The predicted octanol–water partition coefficient (Wildman–Crippen LogP) is 2.86. The molecule has 4 rings (SSSR count).